The van der Waals surface area contributed by atoms with E-state index in [1.54, 1.807) is 0 Å². The van der Waals surface area contributed by atoms with Crippen LogP contribution in [0.5, 0.6) is 0 Å². The van der Waals surface area contributed by atoms with Gasteiger partial charge >= 0.3 is 5.97 Å². The molecule has 10 atom stereocenters. The molecule has 0 aromatic heterocycles. The third kappa shape index (κ3) is 6.41. The van der Waals surface area contributed by atoms with Crippen LogP contribution in [0.15, 0.2) is 42.0 Å². The van der Waals surface area contributed by atoms with Crippen molar-refractivity contribution in [2.24, 2.45) is 52.3 Å². The van der Waals surface area contributed by atoms with Gasteiger partial charge in [-0.15, -0.1) is 0 Å². The molecule has 0 amide bonds. The smallest absolute Gasteiger partial charge is 0.302 e. The van der Waals surface area contributed by atoms with Crippen LogP contribution < -0.4 is 0 Å². The van der Waals surface area contributed by atoms with Crippen LogP contribution in [0.4, 0.5) is 0 Å². The lowest BCUT2D eigenvalue weighted by atomic mass is 9.44. The maximum atomic E-state index is 11.5. The number of carbonyl (C=O) groups excluding carboxylic acids is 1. The number of hydrogen-bond donors (Lipinski definition) is 1. The van der Waals surface area contributed by atoms with Gasteiger partial charge in [-0.25, -0.2) is 0 Å². The van der Waals surface area contributed by atoms with Crippen LogP contribution in [0.3, 0.4) is 0 Å². The van der Waals surface area contributed by atoms with E-state index in [0.29, 0.717) is 30.0 Å². The van der Waals surface area contributed by atoms with Crippen molar-refractivity contribution < 1.29 is 19.4 Å². The first kappa shape index (κ1) is 31.8. The van der Waals surface area contributed by atoms with E-state index in [2.05, 4.69) is 71.0 Å². The van der Waals surface area contributed by atoms with Gasteiger partial charge in [-0.3, -0.25) is 4.79 Å². The molecule has 4 aliphatic rings. The Morgan fingerprint density at radius 3 is 2.50 bits per heavy atom. The molecule has 1 aromatic carbocycles. The zero-order valence-corrected chi connectivity index (χ0v) is 27.3. The minimum absolute atomic E-state index is 0.177. The Morgan fingerprint density at radius 2 is 1.79 bits per heavy atom. The predicted molar refractivity (Wildman–Crippen MR) is 170 cm³/mol. The molecule has 1 N–H and O–H groups in total. The normalized spacial score (nSPS) is 36.3. The summed E-state index contributed by atoms with van der Waals surface area (Å²) in [5, 5.41) is 11.5. The summed E-state index contributed by atoms with van der Waals surface area (Å²) in [5.74, 6) is 3.89. The molecule has 0 spiro atoms. The number of benzene rings is 1. The number of allylic oxidation sites excluding steroid dienone is 1. The third-order valence-electron chi connectivity index (χ3n) is 12.9. The fourth-order valence-electron chi connectivity index (χ4n) is 10.3. The molecule has 0 saturated heterocycles. The predicted octanol–water partition coefficient (Wildman–Crippen LogP) is 8.76. The standard InChI is InChI=1S/C38H58O4/c1-25(2)29(18-21-41-27(4)39)22-36(40)26(3)33-14-15-34-32-13-12-30-23-31(42-24-28-10-8-7-9-11-28)16-19-37(30,5)35(32)17-20-38(33,34)6/h7-11,14,25-26,29-32,34-36,40H,12-13,15-24H2,1-6H3/t26-,29-,30?,31?,32?,34?,35?,36?,37-,38+/m0/s1. The molecule has 0 aliphatic heterocycles. The second-order valence-electron chi connectivity index (χ2n) is 15.4. The Balaban J connectivity index is 1.19. The summed E-state index contributed by atoms with van der Waals surface area (Å²) < 4.78 is 11.7. The largest absolute Gasteiger partial charge is 0.466 e. The van der Waals surface area contributed by atoms with Crippen LogP contribution in [0.1, 0.15) is 111 Å². The highest BCUT2D eigenvalue weighted by Crippen LogP contribution is 2.67. The summed E-state index contributed by atoms with van der Waals surface area (Å²) in [6.45, 7) is 14.6. The number of ether oxygens (including phenoxy) is 2. The molecular formula is C38H58O4. The van der Waals surface area contributed by atoms with E-state index in [4.69, 9.17) is 9.47 Å². The Hall–Kier alpha value is -1.65. The van der Waals surface area contributed by atoms with E-state index in [9.17, 15) is 9.90 Å². The Bertz CT molecular complexity index is 1080. The fourth-order valence-corrected chi connectivity index (χ4v) is 10.3. The van der Waals surface area contributed by atoms with Gasteiger partial charge in [0.2, 0.25) is 0 Å². The molecule has 6 unspecified atom stereocenters. The Kier molecular flexibility index (Phi) is 9.94. The van der Waals surface area contributed by atoms with Crippen molar-refractivity contribution in [2.75, 3.05) is 6.61 Å². The first-order chi connectivity index (χ1) is 20.0. The van der Waals surface area contributed by atoms with Crippen molar-refractivity contribution in [1.29, 1.82) is 0 Å². The van der Waals surface area contributed by atoms with Gasteiger partial charge in [-0.2, -0.15) is 0 Å². The zero-order chi connectivity index (χ0) is 30.1. The number of aliphatic hydroxyl groups excluding tert-OH is 1. The van der Waals surface area contributed by atoms with Crippen molar-refractivity contribution in [1.82, 2.24) is 0 Å². The van der Waals surface area contributed by atoms with Gasteiger partial charge in [0.15, 0.2) is 0 Å². The summed E-state index contributed by atoms with van der Waals surface area (Å²) in [6.07, 6.45) is 14.4. The van der Waals surface area contributed by atoms with Gasteiger partial charge in [0.25, 0.3) is 0 Å². The zero-order valence-electron chi connectivity index (χ0n) is 27.3. The van der Waals surface area contributed by atoms with Gasteiger partial charge in [0.1, 0.15) is 0 Å². The lowest BCUT2D eigenvalue weighted by molar-refractivity contribution is -0.141. The van der Waals surface area contributed by atoms with Gasteiger partial charge in [-0.05, 0) is 116 Å². The number of hydrogen-bond acceptors (Lipinski definition) is 4. The van der Waals surface area contributed by atoms with Crippen molar-refractivity contribution in [3.63, 3.8) is 0 Å². The maximum Gasteiger partial charge on any atom is 0.302 e. The molecule has 3 saturated carbocycles. The number of fused-ring (bicyclic) bond motifs is 5. The van der Waals surface area contributed by atoms with Crippen molar-refractivity contribution in [3.05, 3.63) is 47.5 Å². The van der Waals surface area contributed by atoms with E-state index in [1.165, 1.54) is 69.4 Å². The second kappa shape index (κ2) is 13.1. The molecule has 5 rings (SSSR count). The molecule has 0 radical (unpaired) electrons. The van der Waals surface area contributed by atoms with Gasteiger partial charge in [0.05, 0.1) is 25.4 Å². The van der Waals surface area contributed by atoms with Crippen LogP contribution in [0, 0.1) is 52.3 Å². The average Bonchev–Trinajstić information content (AvgIpc) is 3.32. The number of aliphatic hydroxyl groups is 1. The summed E-state index contributed by atoms with van der Waals surface area (Å²) in [7, 11) is 0. The molecular weight excluding hydrogens is 520 g/mol. The third-order valence-corrected chi connectivity index (χ3v) is 12.9. The minimum Gasteiger partial charge on any atom is -0.466 e. The van der Waals surface area contributed by atoms with Gasteiger partial charge in [0, 0.05) is 12.8 Å². The molecule has 0 bridgehead atoms. The number of carbonyl (C=O) groups is 1. The Morgan fingerprint density at radius 1 is 1.02 bits per heavy atom. The van der Waals surface area contributed by atoms with Crippen molar-refractivity contribution >= 4 is 5.97 Å². The molecule has 1 aromatic rings. The lowest BCUT2D eigenvalue weighted by Crippen LogP contribution is -2.54. The Labute approximate surface area is 256 Å². The monoisotopic (exact) mass is 578 g/mol. The molecule has 42 heavy (non-hydrogen) atoms. The summed E-state index contributed by atoms with van der Waals surface area (Å²) in [4.78, 5) is 11.3. The van der Waals surface area contributed by atoms with E-state index >= 15 is 0 Å². The van der Waals surface area contributed by atoms with Crippen LogP contribution in [-0.2, 0) is 20.9 Å². The van der Waals surface area contributed by atoms with Gasteiger partial charge in [-0.1, -0.05) is 76.6 Å². The van der Waals surface area contributed by atoms with Crippen molar-refractivity contribution in [2.45, 2.75) is 125 Å². The van der Waals surface area contributed by atoms with Crippen LogP contribution in [0.2, 0.25) is 0 Å². The van der Waals surface area contributed by atoms with Crippen LogP contribution in [-0.4, -0.2) is 29.9 Å². The first-order valence-electron chi connectivity index (χ1n) is 17.2. The number of rotatable bonds is 11. The van der Waals surface area contributed by atoms with E-state index in [0.717, 1.165) is 43.1 Å². The molecule has 4 nitrogen and oxygen atoms in total. The molecule has 4 heteroatoms. The van der Waals surface area contributed by atoms with Crippen molar-refractivity contribution in [3.8, 4) is 0 Å². The molecule has 3 fully saturated rings. The maximum absolute atomic E-state index is 11.5. The van der Waals surface area contributed by atoms with Crippen LogP contribution >= 0.6 is 0 Å². The topological polar surface area (TPSA) is 55.8 Å². The minimum atomic E-state index is -0.353. The fraction of sp³-hybridized carbons (Fsp3) is 0.763. The van der Waals surface area contributed by atoms with Gasteiger partial charge < -0.3 is 14.6 Å². The molecule has 0 heterocycles. The summed E-state index contributed by atoms with van der Waals surface area (Å²) in [5.41, 5.74) is 3.47. The summed E-state index contributed by atoms with van der Waals surface area (Å²) in [6, 6.07) is 10.6. The highest BCUT2D eigenvalue weighted by Gasteiger charge is 2.59. The molecule has 4 aliphatic carbocycles. The van der Waals surface area contributed by atoms with Crippen LogP contribution in [0.25, 0.3) is 0 Å². The second-order valence-corrected chi connectivity index (χ2v) is 15.4. The lowest BCUT2D eigenvalue weighted by Gasteiger charge is -2.61. The quantitative estimate of drug-likeness (QED) is 0.211. The first-order valence-corrected chi connectivity index (χ1v) is 17.2. The molecule has 234 valence electrons. The highest BCUT2D eigenvalue weighted by molar-refractivity contribution is 5.65. The van der Waals surface area contributed by atoms with E-state index in [1.807, 2.05) is 0 Å². The average molecular weight is 579 g/mol. The van der Waals surface area contributed by atoms with E-state index in [-0.39, 0.29) is 23.4 Å². The highest BCUT2D eigenvalue weighted by atomic mass is 16.5. The van der Waals surface area contributed by atoms with E-state index < -0.39 is 0 Å². The number of esters is 1. The SMILES string of the molecule is CC(=O)OCC[C@@H](CC(O)[C@@H](C)C1=CCC2C3CCC4CC(OCc5ccccc5)CC[C@]4(C)C3CC[C@]12C)C(C)C. The summed E-state index contributed by atoms with van der Waals surface area (Å²) >= 11 is 0.